The lowest BCUT2D eigenvalue weighted by Crippen LogP contribution is -2.40. The summed E-state index contributed by atoms with van der Waals surface area (Å²) in [7, 11) is 0. The molecule has 0 saturated carbocycles. The van der Waals surface area contributed by atoms with Gasteiger partial charge in [0.2, 0.25) is 0 Å². The molecule has 0 radical (unpaired) electrons. The number of hydrogen-bond donors (Lipinski definition) is 2. The van der Waals surface area contributed by atoms with Crippen LogP contribution in [0.2, 0.25) is 0 Å². The first-order chi connectivity index (χ1) is 13.1. The molecule has 3 rings (SSSR count). The number of ether oxygens (including phenoxy) is 1. The normalized spacial score (nSPS) is 13.9. The third kappa shape index (κ3) is 5.52. The molecule has 0 aliphatic carbocycles. The van der Waals surface area contributed by atoms with Crippen molar-refractivity contribution in [1.29, 1.82) is 0 Å². The van der Waals surface area contributed by atoms with E-state index in [1.165, 1.54) is 12.1 Å². The zero-order valence-corrected chi connectivity index (χ0v) is 14.9. The molecule has 2 aromatic carbocycles. The molecule has 1 fully saturated rings. The average Bonchev–Trinajstić information content (AvgIpc) is 2.69. The van der Waals surface area contributed by atoms with Gasteiger partial charge in [-0.25, -0.2) is 9.18 Å². The van der Waals surface area contributed by atoms with Crippen LogP contribution < -0.4 is 10.6 Å². The summed E-state index contributed by atoms with van der Waals surface area (Å²) in [6.45, 7) is 2.68. The molecule has 6 nitrogen and oxygen atoms in total. The van der Waals surface area contributed by atoms with Crippen molar-refractivity contribution in [2.24, 2.45) is 0 Å². The van der Waals surface area contributed by atoms with E-state index < -0.39 is 0 Å². The molecule has 0 atom stereocenters. The number of carbonyl (C=O) groups is 2. The third-order valence-electron chi connectivity index (χ3n) is 4.28. The number of rotatable bonds is 5. The van der Waals surface area contributed by atoms with Crippen molar-refractivity contribution in [1.82, 2.24) is 10.2 Å². The monoisotopic (exact) mass is 371 g/mol. The lowest BCUT2D eigenvalue weighted by atomic mass is 10.1. The standard InChI is InChI=1S/C20H22FN3O3/c21-17-3-1-2-15(14-17)8-9-22-20(26)23-18-6-4-16(5-7-18)19(25)24-10-12-27-13-11-24/h1-7,14H,8-13H2,(H2,22,23,26). The van der Waals surface area contributed by atoms with E-state index in [2.05, 4.69) is 10.6 Å². The number of morpholine rings is 1. The Bertz CT molecular complexity index is 789. The zero-order chi connectivity index (χ0) is 19.1. The van der Waals surface area contributed by atoms with Gasteiger partial charge < -0.3 is 20.3 Å². The van der Waals surface area contributed by atoms with Gasteiger partial charge in [0.05, 0.1) is 13.2 Å². The molecule has 0 unspecified atom stereocenters. The molecule has 0 bridgehead atoms. The molecule has 2 N–H and O–H groups in total. The number of anilines is 1. The Balaban J connectivity index is 1.46. The predicted molar refractivity (Wildman–Crippen MR) is 100 cm³/mol. The van der Waals surface area contributed by atoms with Crippen molar-refractivity contribution in [3.63, 3.8) is 0 Å². The van der Waals surface area contributed by atoms with Gasteiger partial charge in [0.1, 0.15) is 5.82 Å². The highest BCUT2D eigenvalue weighted by Crippen LogP contribution is 2.12. The van der Waals surface area contributed by atoms with E-state index in [1.54, 1.807) is 35.2 Å². The Hall–Kier alpha value is -2.93. The van der Waals surface area contributed by atoms with Gasteiger partial charge in [-0.15, -0.1) is 0 Å². The summed E-state index contributed by atoms with van der Waals surface area (Å²) in [5.41, 5.74) is 1.99. The van der Waals surface area contributed by atoms with E-state index in [4.69, 9.17) is 4.74 Å². The van der Waals surface area contributed by atoms with E-state index in [0.29, 0.717) is 50.5 Å². The van der Waals surface area contributed by atoms with E-state index in [1.807, 2.05) is 6.07 Å². The first-order valence-corrected chi connectivity index (χ1v) is 8.88. The zero-order valence-electron chi connectivity index (χ0n) is 14.9. The van der Waals surface area contributed by atoms with Gasteiger partial charge in [0.25, 0.3) is 5.91 Å². The van der Waals surface area contributed by atoms with Gasteiger partial charge in [-0.1, -0.05) is 12.1 Å². The Morgan fingerprint density at radius 1 is 1.07 bits per heavy atom. The molecule has 1 saturated heterocycles. The highest BCUT2D eigenvalue weighted by atomic mass is 19.1. The van der Waals surface area contributed by atoms with Crippen LogP contribution >= 0.6 is 0 Å². The predicted octanol–water partition coefficient (Wildman–Crippen LogP) is 2.66. The van der Waals surface area contributed by atoms with Crippen LogP contribution in [0, 0.1) is 5.82 Å². The molecule has 142 valence electrons. The number of nitrogens with zero attached hydrogens (tertiary/aromatic N) is 1. The lowest BCUT2D eigenvalue weighted by molar-refractivity contribution is 0.0303. The van der Waals surface area contributed by atoms with Gasteiger partial charge in [0, 0.05) is 30.9 Å². The second kappa shape index (κ2) is 9.14. The molecule has 7 heteroatoms. The quantitative estimate of drug-likeness (QED) is 0.849. The maximum Gasteiger partial charge on any atom is 0.319 e. The van der Waals surface area contributed by atoms with E-state index >= 15 is 0 Å². The highest BCUT2D eigenvalue weighted by molar-refractivity contribution is 5.95. The Kier molecular flexibility index (Phi) is 6.38. The maximum absolute atomic E-state index is 13.1. The van der Waals surface area contributed by atoms with E-state index in [9.17, 15) is 14.0 Å². The number of halogens is 1. The fraction of sp³-hybridized carbons (Fsp3) is 0.300. The maximum atomic E-state index is 13.1. The number of benzene rings is 2. The topological polar surface area (TPSA) is 70.7 Å². The molecule has 2 aromatic rings. The molecule has 0 aromatic heterocycles. The minimum absolute atomic E-state index is 0.0376. The van der Waals surface area contributed by atoms with Crippen molar-refractivity contribution < 1.29 is 18.7 Å². The SMILES string of the molecule is O=C(NCCc1cccc(F)c1)Nc1ccc(C(=O)N2CCOCC2)cc1. The Morgan fingerprint density at radius 3 is 2.52 bits per heavy atom. The lowest BCUT2D eigenvalue weighted by Gasteiger charge is -2.26. The smallest absolute Gasteiger partial charge is 0.319 e. The van der Waals surface area contributed by atoms with Gasteiger partial charge in [-0.3, -0.25) is 4.79 Å². The third-order valence-corrected chi connectivity index (χ3v) is 4.28. The molecule has 3 amide bonds. The van der Waals surface area contributed by atoms with Crippen LogP contribution in [0.1, 0.15) is 15.9 Å². The van der Waals surface area contributed by atoms with Crippen molar-refractivity contribution in [2.75, 3.05) is 38.2 Å². The fourth-order valence-corrected chi connectivity index (χ4v) is 2.83. The molecular formula is C20H22FN3O3. The molecule has 1 aliphatic rings. The number of urea groups is 1. The summed E-state index contributed by atoms with van der Waals surface area (Å²) in [5.74, 6) is -0.326. The molecule has 27 heavy (non-hydrogen) atoms. The van der Waals surface area contributed by atoms with Crippen molar-refractivity contribution in [3.05, 3.63) is 65.5 Å². The number of nitrogens with one attached hydrogen (secondary N) is 2. The summed E-state index contributed by atoms with van der Waals surface area (Å²) in [6, 6.07) is 12.7. The molecular weight excluding hydrogens is 349 g/mol. The number of hydrogen-bond acceptors (Lipinski definition) is 3. The summed E-state index contributed by atoms with van der Waals surface area (Å²) in [6.07, 6.45) is 0.540. The Morgan fingerprint density at radius 2 is 1.81 bits per heavy atom. The van der Waals surface area contributed by atoms with Gasteiger partial charge in [-0.05, 0) is 48.4 Å². The van der Waals surface area contributed by atoms with E-state index in [0.717, 1.165) is 5.56 Å². The fourth-order valence-electron chi connectivity index (χ4n) is 2.83. The van der Waals surface area contributed by atoms with Gasteiger partial charge in [-0.2, -0.15) is 0 Å². The first-order valence-electron chi connectivity index (χ1n) is 8.88. The second-order valence-electron chi connectivity index (χ2n) is 6.24. The van der Waals surface area contributed by atoms with Crippen LogP contribution in [0.5, 0.6) is 0 Å². The van der Waals surface area contributed by atoms with Crippen LogP contribution in [0.25, 0.3) is 0 Å². The highest BCUT2D eigenvalue weighted by Gasteiger charge is 2.18. The first kappa shape index (κ1) is 18.8. The van der Waals surface area contributed by atoms with Crippen LogP contribution in [0.4, 0.5) is 14.9 Å². The minimum atomic E-state index is -0.348. The molecule has 0 spiro atoms. The van der Waals surface area contributed by atoms with Crippen molar-refractivity contribution in [3.8, 4) is 0 Å². The van der Waals surface area contributed by atoms with Crippen molar-refractivity contribution in [2.45, 2.75) is 6.42 Å². The van der Waals surface area contributed by atoms with Crippen LogP contribution in [-0.2, 0) is 11.2 Å². The molecule has 1 heterocycles. The largest absolute Gasteiger partial charge is 0.378 e. The van der Waals surface area contributed by atoms with Gasteiger partial charge in [0.15, 0.2) is 0 Å². The molecule has 1 aliphatic heterocycles. The minimum Gasteiger partial charge on any atom is -0.378 e. The van der Waals surface area contributed by atoms with E-state index in [-0.39, 0.29) is 17.8 Å². The van der Waals surface area contributed by atoms with Crippen LogP contribution in [-0.4, -0.2) is 49.7 Å². The van der Waals surface area contributed by atoms with Crippen LogP contribution in [0.15, 0.2) is 48.5 Å². The Labute approximate surface area is 157 Å². The van der Waals surface area contributed by atoms with Crippen molar-refractivity contribution >= 4 is 17.6 Å². The average molecular weight is 371 g/mol. The van der Waals surface area contributed by atoms with Gasteiger partial charge >= 0.3 is 6.03 Å². The summed E-state index contributed by atoms with van der Waals surface area (Å²) in [5, 5.41) is 5.44. The summed E-state index contributed by atoms with van der Waals surface area (Å²) in [4.78, 5) is 26.1. The summed E-state index contributed by atoms with van der Waals surface area (Å²) < 4.78 is 18.4. The van der Waals surface area contributed by atoms with Crippen LogP contribution in [0.3, 0.4) is 0 Å². The number of carbonyl (C=O) groups excluding carboxylic acids is 2. The summed E-state index contributed by atoms with van der Waals surface area (Å²) >= 11 is 0. The second-order valence-corrected chi connectivity index (χ2v) is 6.24. The number of amides is 3.